The van der Waals surface area contributed by atoms with Gasteiger partial charge in [-0.15, -0.1) is 0 Å². The fourth-order valence-electron chi connectivity index (χ4n) is 2.51. The molecular weight excluding hydrogens is 376 g/mol. The van der Waals surface area contributed by atoms with E-state index in [1.165, 1.54) is 0 Å². The first-order valence-electron chi connectivity index (χ1n) is 9.00. The highest BCUT2D eigenvalue weighted by Crippen LogP contribution is 2.18. The first kappa shape index (κ1) is 19.7. The summed E-state index contributed by atoms with van der Waals surface area (Å²) < 4.78 is 5.17. The highest BCUT2D eigenvalue weighted by atomic mass is 35.5. The van der Waals surface area contributed by atoms with Gasteiger partial charge in [-0.05, 0) is 48.9 Å². The van der Waals surface area contributed by atoms with E-state index in [1.54, 1.807) is 7.11 Å². The average molecular weight is 399 g/mol. The van der Waals surface area contributed by atoms with Crippen LogP contribution in [0.1, 0.15) is 18.3 Å². The number of rotatable bonds is 7. The number of hydrogen-bond acceptors (Lipinski definition) is 4. The molecule has 3 N–H and O–H groups in total. The number of aromatic amines is 1. The van der Waals surface area contributed by atoms with Crippen LogP contribution in [0, 0.1) is 0 Å². The van der Waals surface area contributed by atoms with E-state index < -0.39 is 0 Å². The van der Waals surface area contributed by atoms with Gasteiger partial charge in [0, 0.05) is 17.1 Å². The van der Waals surface area contributed by atoms with Crippen LogP contribution in [-0.2, 0) is 13.1 Å². The van der Waals surface area contributed by atoms with Crippen molar-refractivity contribution in [3.8, 4) is 17.1 Å². The second kappa shape index (κ2) is 9.75. The smallest absolute Gasteiger partial charge is 0.191 e. The van der Waals surface area contributed by atoms with Crippen molar-refractivity contribution in [1.82, 2.24) is 25.8 Å². The molecule has 0 saturated heterocycles. The number of H-pyrrole nitrogens is 1. The summed E-state index contributed by atoms with van der Waals surface area (Å²) in [5.74, 6) is 2.87. The maximum Gasteiger partial charge on any atom is 0.191 e. The summed E-state index contributed by atoms with van der Waals surface area (Å²) in [7, 11) is 1.64. The molecule has 7 nitrogen and oxygen atoms in total. The van der Waals surface area contributed by atoms with Gasteiger partial charge in [-0.3, -0.25) is 5.10 Å². The van der Waals surface area contributed by atoms with Crippen LogP contribution in [0.2, 0.25) is 5.02 Å². The third-order valence-corrected chi connectivity index (χ3v) is 4.23. The molecule has 0 aliphatic carbocycles. The molecular formula is C20H23ClN6O. The Balaban J connectivity index is 1.61. The molecule has 0 fully saturated rings. The van der Waals surface area contributed by atoms with Crippen molar-refractivity contribution in [3.05, 3.63) is 64.9 Å². The number of benzene rings is 2. The minimum atomic E-state index is 0.482. The van der Waals surface area contributed by atoms with Gasteiger partial charge < -0.3 is 15.4 Å². The summed E-state index contributed by atoms with van der Waals surface area (Å²) in [6.07, 6.45) is 0. The van der Waals surface area contributed by atoms with E-state index >= 15 is 0 Å². The zero-order chi connectivity index (χ0) is 19.8. The number of guanidine groups is 1. The molecule has 3 aromatic rings. The number of ether oxygens (including phenoxy) is 1. The number of halogens is 1. The van der Waals surface area contributed by atoms with E-state index in [2.05, 4.69) is 30.8 Å². The second-order valence-corrected chi connectivity index (χ2v) is 6.45. The number of nitrogens with one attached hydrogen (secondary N) is 3. The Kier molecular flexibility index (Phi) is 6.86. The number of methoxy groups -OCH3 is 1. The van der Waals surface area contributed by atoms with Crippen LogP contribution < -0.4 is 15.4 Å². The molecule has 0 amide bonds. The van der Waals surface area contributed by atoms with Crippen molar-refractivity contribution in [3.63, 3.8) is 0 Å². The molecule has 0 spiro atoms. The van der Waals surface area contributed by atoms with Crippen molar-refractivity contribution in [2.24, 2.45) is 4.99 Å². The highest BCUT2D eigenvalue weighted by Gasteiger charge is 2.07. The van der Waals surface area contributed by atoms with Crippen LogP contribution in [0.5, 0.6) is 5.75 Å². The molecule has 0 atom stereocenters. The Labute approximate surface area is 169 Å². The lowest BCUT2D eigenvalue weighted by atomic mass is 10.2. The predicted octanol–water partition coefficient (Wildman–Crippen LogP) is 3.39. The lowest BCUT2D eigenvalue weighted by molar-refractivity contribution is 0.415. The fraction of sp³-hybridized carbons (Fsp3) is 0.250. The molecule has 146 valence electrons. The van der Waals surface area contributed by atoms with Crippen LogP contribution in [0.3, 0.4) is 0 Å². The lowest BCUT2D eigenvalue weighted by Gasteiger charge is -2.10. The Bertz CT molecular complexity index is 905. The van der Waals surface area contributed by atoms with Gasteiger partial charge in [0.15, 0.2) is 11.8 Å². The summed E-state index contributed by atoms with van der Waals surface area (Å²) in [4.78, 5) is 9.12. The molecule has 0 bridgehead atoms. The average Bonchev–Trinajstić information content (AvgIpc) is 3.20. The molecule has 0 radical (unpaired) electrons. The fourth-order valence-corrected chi connectivity index (χ4v) is 2.64. The zero-order valence-electron chi connectivity index (χ0n) is 15.9. The van der Waals surface area contributed by atoms with Crippen molar-refractivity contribution in [1.29, 1.82) is 0 Å². The van der Waals surface area contributed by atoms with E-state index in [0.29, 0.717) is 24.9 Å². The van der Waals surface area contributed by atoms with Crippen molar-refractivity contribution in [2.75, 3.05) is 13.7 Å². The normalized spacial score (nSPS) is 11.3. The van der Waals surface area contributed by atoms with Gasteiger partial charge in [0.25, 0.3) is 0 Å². The quantitative estimate of drug-likeness (QED) is 0.419. The number of aliphatic imine (C=N–C) groups is 1. The Morgan fingerprint density at radius 1 is 1.11 bits per heavy atom. The monoisotopic (exact) mass is 398 g/mol. The van der Waals surface area contributed by atoms with Crippen LogP contribution in [0.4, 0.5) is 0 Å². The summed E-state index contributed by atoms with van der Waals surface area (Å²) in [6, 6.07) is 15.3. The van der Waals surface area contributed by atoms with Gasteiger partial charge in [0.1, 0.15) is 11.6 Å². The Hall–Kier alpha value is -3.06. The van der Waals surface area contributed by atoms with Gasteiger partial charge in [-0.25, -0.2) is 9.98 Å². The molecule has 1 aromatic heterocycles. The van der Waals surface area contributed by atoms with Crippen LogP contribution >= 0.6 is 11.6 Å². The maximum absolute atomic E-state index is 5.92. The summed E-state index contributed by atoms with van der Waals surface area (Å²) >= 11 is 5.92. The lowest BCUT2D eigenvalue weighted by Crippen LogP contribution is -2.37. The van der Waals surface area contributed by atoms with Crippen molar-refractivity contribution < 1.29 is 4.74 Å². The van der Waals surface area contributed by atoms with Gasteiger partial charge in [0.05, 0.1) is 20.2 Å². The van der Waals surface area contributed by atoms with E-state index in [0.717, 1.165) is 34.3 Å². The number of nitrogens with zero attached hydrogens (tertiary/aromatic N) is 3. The molecule has 0 unspecified atom stereocenters. The Morgan fingerprint density at radius 3 is 2.54 bits per heavy atom. The minimum Gasteiger partial charge on any atom is -0.497 e. The molecule has 2 aromatic carbocycles. The van der Waals surface area contributed by atoms with Gasteiger partial charge in [-0.2, -0.15) is 5.10 Å². The van der Waals surface area contributed by atoms with Crippen molar-refractivity contribution in [2.45, 2.75) is 20.0 Å². The summed E-state index contributed by atoms with van der Waals surface area (Å²) in [5, 5.41) is 14.4. The van der Waals surface area contributed by atoms with Gasteiger partial charge >= 0.3 is 0 Å². The zero-order valence-corrected chi connectivity index (χ0v) is 16.6. The second-order valence-electron chi connectivity index (χ2n) is 6.01. The first-order chi connectivity index (χ1) is 13.7. The largest absolute Gasteiger partial charge is 0.497 e. The molecule has 8 heteroatoms. The van der Waals surface area contributed by atoms with Crippen molar-refractivity contribution >= 4 is 17.6 Å². The SMILES string of the molecule is CCNC(=NCc1ccc(Cl)cc1)NCc1nc(-c2ccc(OC)cc2)n[nH]1. The van der Waals surface area contributed by atoms with Gasteiger partial charge in [0.2, 0.25) is 0 Å². The molecule has 3 rings (SSSR count). The molecule has 0 saturated carbocycles. The van der Waals surface area contributed by atoms with Crippen LogP contribution in [0.25, 0.3) is 11.4 Å². The van der Waals surface area contributed by atoms with E-state index in [9.17, 15) is 0 Å². The molecule has 0 aliphatic rings. The minimum absolute atomic E-state index is 0.482. The summed E-state index contributed by atoms with van der Waals surface area (Å²) in [6.45, 7) is 3.82. The van der Waals surface area contributed by atoms with E-state index in [1.807, 2.05) is 55.5 Å². The molecule has 0 aliphatic heterocycles. The number of hydrogen-bond donors (Lipinski definition) is 3. The topological polar surface area (TPSA) is 87.2 Å². The molecule has 1 heterocycles. The standard InChI is InChI=1S/C20H23ClN6O/c1-3-22-20(23-12-14-4-8-16(21)9-5-14)24-13-18-25-19(27-26-18)15-6-10-17(28-2)11-7-15/h4-11H,3,12-13H2,1-2H3,(H2,22,23,24)(H,25,26,27). The van der Waals surface area contributed by atoms with Crippen LogP contribution in [-0.4, -0.2) is 34.8 Å². The summed E-state index contributed by atoms with van der Waals surface area (Å²) in [5.41, 5.74) is 2.01. The maximum atomic E-state index is 5.92. The van der Waals surface area contributed by atoms with Gasteiger partial charge in [-0.1, -0.05) is 23.7 Å². The third-order valence-electron chi connectivity index (χ3n) is 3.98. The molecule has 28 heavy (non-hydrogen) atoms. The van der Waals surface area contributed by atoms with E-state index in [4.69, 9.17) is 16.3 Å². The van der Waals surface area contributed by atoms with Crippen LogP contribution in [0.15, 0.2) is 53.5 Å². The highest BCUT2D eigenvalue weighted by molar-refractivity contribution is 6.30. The third kappa shape index (κ3) is 5.47. The predicted molar refractivity (Wildman–Crippen MR) is 111 cm³/mol. The number of aromatic nitrogens is 3. The van der Waals surface area contributed by atoms with E-state index in [-0.39, 0.29) is 0 Å². The Morgan fingerprint density at radius 2 is 1.86 bits per heavy atom. The first-order valence-corrected chi connectivity index (χ1v) is 9.38.